The van der Waals surface area contributed by atoms with Crippen molar-refractivity contribution in [2.24, 2.45) is 0 Å². The normalized spacial score (nSPS) is 12.3. The Morgan fingerprint density at radius 3 is 2.27 bits per heavy atom. The van der Waals surface area contributed by atoms with E-state index < -0.39 is 19.9 Å². The van der Waals surface area contributed by atoms with Crippen LogP contribution in [0.5, 0.6) is 5.75 Å². The molecule has 0 atom stereocenters. The van der Waals surface area contributed by atoms with E-state index in [9.17, 15) is 18.3 Å². The quantitative estimate of drug-likeness (QED) is 0.385. The predicted molar refractivity (Wildman–Crippen MR) is 112 cm³/mol. The Balaban J connectivity index is 1.84. The van der Waals surface area contributed by atoms with Crippen LogP contribution in [0.4, 0.5) is 13.2 Å². The van der Waals surface area contributed by atoms with Crippen LogP contribution in [0.15, 0.2) is 48.8 Å². The average Bonchev–Trinajstić information content (AvgIpc) is 3.10. The first kappa shape index (κ1) is 22.0. The van der Waals surface area contributed by atoms with Crippen LogP contribution in [0, 0.1) is 0 Å². The van der Waals surface area contributed by atoms with Crippen molar-refractivity contribution in [2.75, 3.05) is 6.61 Å². The molecule has 0 aliphatic rings. The fourth-order valence-corrected chi connectivity index (χ4v) is 3.51. The zero-order valence-electron chi connectivity index (χ0n) is 17.1. The number of ether oxygens (including phenoxy) is 1. The largest absolute Gasteiger partial charge is 0.508 e. The lowest BCUT2D eigenvalue weighted by molar-refractivity contribution is -0.141. The number of nitrogens with zero attached hydrogens (tertiary/aromatic N) is 3. The van der Waals surface area contributed by atoms with Crippen molar-refractivity contribution < 1.29 is 23.0 Å². The van der Waals surface area contributed by atoms with E-state index in [1.807, 2.05) is 0 Å². The molecule has 160 valence electrons. The summed E-state index contributed by atoms with van der Waals surface area (Å²) >= 11 is 0. The zero-order chi connectivity index (χ0) is 21.9. The molecular weight excluding hydrogens is 411 g/mol. The van der Waals surface area contributed by atoms with Crippen molar-refractivity contribution in [3.63, 3.8) is 0 Å². The van der Waals surface area contributed by atoms with Crippen molar-refractivity contribution in [3.05, 3.63) is 54.5 Å². The molecule has 0 aliphatic heterocycles. The van der Waals surface area contributed by atoms with Crippen molar-refractivity contribution in [2.45, 2.75) is 38.6 Å². The molecule has 0 radical (unpaired) electrons. The van der Waals surface area contributed by atoms with E-state index in [2.05, 4.69) is 29.6 Å². The molecule has 0 saturated heterocycles. The van der Waals surface area contributed by atoms with Gasteiger partial charge in [0.2, 0.25) is 0 Å². The number of aromatic nitrogens is 3. The van der Waals surface area contributed by atoms with E-state index in [1.165, 1.54) is 10.8 Å². The number of alkyl halides is 3. The molecule has 2 heterocycles. The number of halogens is 3. The first-order valence-electron chi connectivity index (χ1n) is 9.51. The maximum atomic E-state index is 13.2. The Morgan fingerprint density at radius 2 is 1.70 bits per heavy atom. The van der Waals surface area contributed by atoms with Crippen LogP contribution in [0.2, 0.25) is 25.7 Å². The number of hydrogen-bond acceptors (Lipinski definition) is 4. The van der Waals surface area contributed by atoms with E-state index in [1.54, 1.807) is 36.4 Å². The maximum Gasteiger partial charge on any atom is 0.434 e. The Bertz CT molecular complexity index is 979. The molecule has 9 heteroatoms. The highest BCUT2D eigenvalue weighted by Gasteiger charge is 2.35. The van der Waals surface area contributed by atoms with Gasteiger partial charge in [-0.25, -0.2) is 4.98 Å². The third kappa shape index (κ3) is 5.70. The Labute approximate surface area is 174 Å². The predicted octanol–water partition coefficient (Wildman–Crippen LogP) is 5.65. The number of pyridine rings is 1. The summed E-state index contributed by atoms with van der Waals surface area (Å²) in [5, 5.41) is 9.40. The number of aromatic hydroxyl groups is 1. The molecule has 0 amide bonds. The average molecular weight is 436 g/mol. The van der Waals surface area contributed by atoms with Crippen LogP contribution in [-0.2, 0) is 17.6 Å². The van der Waals surface area contributed by atoms with Crippen LogP contribution < -0.4 is 0 Å². The van der Waals surface area contributed by atoms with Gasteiger partial charge in [0.1, 0.15) is 18.3 Å². The first-order valence-corrected chi connectivity index (χ1v) is 13.2. The van der Waals surface area contributed by atoms with Gasteiger partial charge < -0.3 is 14.4 Å². The molecule has 5 nitrogen and oxygen atoms in total. The van der Waals surface area contributed by atoms with Crippen LogP contribution in [-0.4, -0.2) is 34.3 Å². The molecule has 3 rings (SSSR count). The molecule has 1 N–H and O–H groups in total. The molecule has 0 spiro atoms. The maximum absolute atomic E-state index is 13.2. The molecule has 0 aliphatic carbocycles. The molecule has 2 aromatic heterocycles. The Hall–Kier alpha value is -2.65. The highest BCUT2D eigenvalue weighted by Crippen LogP contribution is 2.31. The monoisotopic (exact) mass is 435 g/mol. The Kier molecular flexibility index (Phi) is 6.32. The van der Waals surface area contributed by atoms with E-state index in [0.717, 1.165) is 17.8 Å². The lowest BCUT2D eigenvalue weighted by Crippen LogP contribution is -2.22. The highest BCUT2D eigenvalue weighted by atomic mass is 28.3. The first-order chi connectivity index (χ1) is 14.0. The molecule has 0 fully saturated rings. The molecule has 0 bridgehead atoms. The van der Waals surface area contributed by atoms with Gasteiger partial charge in [0.25, 0.3) is 0 Å². The van der Waals surface area contributed by atoms with Gasteiger partial charge in [-0.1, -0.05) is 19.6 Å². The second-order valence-electron chi connectivity index (χ2n) is 8.24. The lowest BCUT2D eigenvalue weighted by atomic mass is 10.1. The molecule has 0 saturated carbocycles. The summed E-state index contributed by atoms with van der Waals surface area (Å²) in [6, 6.07) is 10.8. The van der Waals surface area contributed by atoms with Gasteiger partial charge in [-0.05, 0) is 42.4 Å². The van der Waals surface area contributed by atoms with Crippen LogP contribution >= 0.6 is 0 Å². The van der Waals surface area contributed by atoms with Crippen LogP contribution in [0.1, 0.15) is 5.69 Å². The van der Waals surface area contributed by atoms with E-state index in [4.69, 9.17) is 4.74 Å². The van der Waals surface area contributed by atoms with Gasteiger partial charge in [-0.15, -0.1) is 0 Å². The van der Waals surface area contributed by atoms with Crippen molar-refractivity contribution in [1.29, 1.82) is 0 Å². The van der Waals surface area contributed by atoms with Gasteiger partial charge >= 0.3 is 6.18 Å². The summed E-state index contributed by atoms with van der Waals surface area (Å²) in [6.45, 7) is 7.11. The minimum absolute atomic E-state index is 0.0113. The number of hydrogen-bond donors (Lipinski definition) is 1. The summed E-state index contributed by atoms with van der Waals surface area (Å²) < 4.78 is 46.6. The molecule has 1 aromatic carbocycles. The number of phenolic OH excluding ortho intramolecular Hbond substituents is 1. The molecule has 30 heavy (non-hydrogen) atoms. The second kappa shape index (κ2) is 8.61. The standard InChI is InChI=1S/C21H24F3N3O2Si/c1-30(2,3)11-10-29-14-27-13-19(21(22,23)24)26-20(27)16-6-9-18(25-12-16)15-4-7-17(28)8-5-15/h4-9,12-13,28H,10-11,14H2,1-3H3. The highest BCUT2D eigenvalue weighted by molar-refractivity contribution is 6.76. The molecule has 3 aromatic rings. The SMILES string of the molecule is C[Si](C)(C)CCOCn1cc(C(F)(F)F)nc1-c1ccc(-c2ccc(O)cc2)nc1. The minimum atomic E-state index is -4.54. The van der Waals surface area contributed by atoms with Gasteiger partial charge in [0.05, 0.1) is 5.69 Å². The van der Waals surface area contributed by atoms with E-state index in [0.29, 0.717) is 17.9 Å². The summed E-state index contributed by atoms with van der Waals surface area (Å²) in [4.78, 5) is 8.13. The number of imidazole rings is 1. The topological polar surface area (TPSA) is 60.2 Å². The van der Waals surface area contributed by atoms with E-state index >= 15 is 0 Å². The second-order valence-corrected chi connectivity index (χ2v) is 13.9. The fraction of sp³-hybridized carbons (Fsp3) is 0.333. The van der Waals surface area contributed by atoms with Gasteiger partial charge in [-0.3, -0.25) is 4.98 Å². The number of phenols is 1. The van der Waals surface area contributed by atoms with Crippen LogP contribution in [0.3, 0.4) is 0 Å². The molecule has 0 unspecified atom stereocenters. The zero-order valence-corrected chi connectivity index (χ0v) is 18.1. The van der Waals surface area contributed by atoms with E-state index in [-0.39, 0.29) is 18.3 Å². The smallest absolute Gasteiger partial charge is 0.434 e. The van der Waals surface area contributed by atoms with Gasteiger partial charge in [0, 0.05) is 38.2 Å². The third-order valence-electron chi connectivity index (χ3n) is 4.48. The Morgan fingerprint density at radius 1 is 1.03 bits per heavy atom. The summed E-state index contributed by atoms with van der Waals surface area (Å²) in [6.07, 6.45) is -2.08. The minimum Gasteiger partial charge on any atom is -0.508 e. The van der Waals surface area contributed by atoms with Gasteiger partial charge in [-0.2, -0.15) is 13.2 Å². The summed E-state index contributed by atoms with van der Waals surface area (Å²) in [5.74, 6) is 0.297. The number of rotatable bonds is 7. The van der Waals surface area contributed by atoms with Crippen molar-refractivity contribution >= 4 is 8.07 Å². The van der Waals surface area contributed by atoms with Gasteiger partial charge in [0.15, 0.2) is 5.69 Å². The lowest BCUT2D eigenvalue weighted by Gasteiger charge is -2.16. The fourth-order valence-electron chi connectivity index (χ4n) is 2.75. The van der Waals surface area contributed by atoms with Crippen molar-refractivity contribution in [1.82, 2.24) is 14.5 Å². The molecular formula is C21H24F3N3O2Si. The summed E-state index contributed by atoms with van der Waals surface area (Å²) in [7, 11) is -1.30. The summed E-state index contributed by atoms with van der Waals surface area (Å²) in [5.41, 5.74) is 0.920. The van der Waals surface area contributed by atoms with Crippen molar-refractivity contribution in [3.8, 4) is 28.4 Å². The third-order valence-corrected chi connectivity index (χ3v) is 6.18. The van der Waals surface area contributed by atoms with Crippen LogP contribution in [0.25, 0.3) is 22.6 Å². The number of benzene rings is 1.